The van der Waals surface area contributed by atoms with E-state index in [9.17, 15) is 0 Å². The zero-order chi connectivity index (χ0) is 8.55. The maximum absolute atomic E-state index is 5.69. The van der Waals surface area contributed by atoms with Crippen molar-refractivity contribution in [2.45, 2.75) is 25.8 Å². The first-order chi connectivity index (χ1) is 5.81. The predicted molar refractivity (Wildman–Crippen MR) is 47.8 cm³/mol. The van der Waals surface area contributed by atoms with Gasteiger partial charge in [0.05, 0.1) is 11.7 Å². The molecule has 66 valence electrons. The second-order valence-corrected chi connectivity index (χ2v) is 3.58. The molecule has 1 aromatic heterocycles. The average Bonchev–Trinajstić information content (AvgIpc) is 2.78. The maximum Gasteiger partial charge on any atom is 0.0669 e. The fraction of sp³-hybridized carbons (Fsp3) is 0.667. The highest BCUT2D eigenvalue weighted by Gasteiger charge is 2.31. The molecular weight excluding hydrogens is 150 g/mol. The number of hydrogen-bond acceptors (Lipinski definition) is 2. The van der Waals surface area contributed by atoms with Crippen LogP contribution in [0.5, 0.6) is 0 Å². The Bertz CT molecular complexity index is 262. The standard InChI is InChI=1S/C9H15N3/c1-7-4-5-12(11-7)9(6-10)8-2-3-8/h4-5,8-9H,2-3,6,10H2,1H3. The summed E-state index contributed by atoms with van der Waals surface area (Å²) < 4.78 is 2.02. The monoisotopic (exact) mass is 165 g/mol. The highest BCUT2D eigenvalue weighted by atomic mass is 15.3. The van der Waals surface area contributed by atoms with Gasteiger partial charge in [-0.05, 0) is 31.7 Å². The molecule has 1 aromatic rings. The number of aromatic nitrogens is 2. The number of aryl methyl sites for hydroxylation is 1. The Hall–Kier alpha value is -0.830. The lowest BCUT2D eigenvalue weighted by atomic mass is 10.2. The average molecular weight is 165 g/mol. The molecule has 0 amide bonds. The number of hydrogen-bond donors (Lipinski definition) is 1. The summed E-state index contributed by atoms with van der Waals surface area (Å²) >= 11 is 0. The minimum Gasteiger partial charge on any atom is -0.328 e. The van der Waals surface area contributed by atoms with Crippen molar-refractivity contribution in [2.24, 2.45) is 11.7 Å². The normalized spacial score (nSPS) is 19.5. The molecule has 3 nitrogen and oxygen atoms in total. The largest absolute Gasteiger partial charge is 0.328 e. The van der Waals surface area contributed by atoms with Crippen LogP contribution in [0.2, 0.25) is 0 Å². The lowest BCUT2D eigenvalue weighted by molar-refractivity contribution is 0.413. The minimum absolute atomic E-state index is 0.443. The van der Waals surface area contributed by atoms with Crippen molar-refractivity contribution in [1.29, 1.82) is 0 Å². The molecule has 1 unspecified atom stereocenters. The predicted octanol–water partition coefficient (Wildman–Crippen LogP) is 1.10. The van der Waals surface area contributed by atoms with Crippen LogP contribution in [0.3, 0.4) is 0 Å². The Morgan fingerprint density at radius 1 is 1.75 bits per heavy atom. The van der Waals surface area contributed by atoms with E-state index in [4.69, 9.17) is 5.73 Å². The Balaban J connectivity index is 2.15. The number of nitrogens with zero attached hydrogens (tertiary/aromatic N) is 2. The summed E-state index contributed by atoms with van der Waals surface area (Å²) in [7, 11) is 0. The molecule has 1 fully saturated rings. The van der Waals surface area contributed by atoms with E-state index in [1.165, 1.54) is 12.8 Å². The third kappa shape index (κ3) is 1.37. The number of nitrogens with two attached hydrogens (primary N) is 1. The van der Waals surface area contributed by atoms with Crippen molar-refractivity contribution in [3.8, 4) is 0 Å². The van der Waals surface area contributed by atoms with Gasteiger partial charge in [-0.25, -0.2) is 0 Å². The van der Waals surface area contributed by atoms with Crippen molar-refractivity contribution in [3.05, 3.63) is 18.0 Å². The molecule has 0 radical (unpaired) electrons. The molecule has 0 saturated heterocycles. The van der Waals surface area contributed by atoms with Crippen LogP contribution in [0, 0.1) is 12.8 Å². The molecular formula is C9H15N3. The van der Waals surface area contributed by atoms with Crippen molar-refractivity contribution in [2.75, 3.05) is 6.54 Å². The van der Waals surface area contributed by atoms with Gasteiger partial charge in [-0.3, -0.25) is 4.68 Å². The van der Waals surface area contributed by atoms with Gasteiger partial charge < -0.3 is 5.73 Å². The van der Waals surface area contributed by atoms with Gasteiger partial charge in [-0.1, -0.05) is 0 Å². The van der Waals surface area contributed by atoms with Crippen LogP contribution in [0.25, 0.3) is 0 Å². The zero-order valence-electron chi connectivity index (χ0n) is 7.40. The first kappa shape index (κ1) is 7.80. The summed E-state index contributed by atoms with van der Waals surface area (Å²) in [6.07, 6.45) is 4.67. The number of rotatable bonds is 3. The third-order valence-electron chi connectivity index (χ3n) is 2.49. The molecule has 12 heavy (non-hydrogen) atoms. The van der Waals surface area contributed by atoms with E-state index >= 15 is 0 Å². The van der Waals surface area contributed by atoms with Crippen molar-refractivity contribution in [1.82, 2.24) is 9.78 Å². The van der Waals surface area contributed by atoms with E-state index in [0.29, 0.717) is 12.6 Å². The quantitative estimate of drug-likeness (QED) is 0.729. The van der Waals surface area contributed by atoms with Gasteiger partial charge >= 0.3 is 0 Å². The molecule has 1 saturated carbocycles. The Morgan fingerprint density at radius 2 is 2.50 bits per heavy atom. The third-order valence-corrected chi connectivity index (χ3v) is 2.49. The van der Waals surface area contributed by atoms with E-state index in [-0.39, 0.29) is 0 Å². The van der Waals surface area contributed by atoms with E-state index < -0.39 is 0 Å². The maximum atomic E-state index is 5.69. The van der Waals surface area contributed by atoms with E-state index in [0.717, 1.165) is 11.6 Å². The van der Waals surface area contributed by atoms with Crippen LogP contribution in [0.15, 0.2) is 12.3 Å². The lowest BCUT2D eigenvalue weighted by Crippen LogP contribution is -2.21. The van der Waals surface area contributed by atoms with Crippen LogP contribution in [-0.2, 0) is 0 Å². The van der Waals surface area contributed by atoms with Gasteiger partial charge in [0.2, 0.25) is 0 Å². The summed E-state index contributed by atoms with van der Waals surface area (Å²) in [4.78, 5) is 0. The highest BCUT2D eigenvalue weighted by molar-refractivity contribution is 4.98. The van der Waals surface area contributed by atoms with E-state index in [1.54, 1.807) is 0 Å². The topological polar surface area (TPSA) is 43.8 Å². The molecule has 0 aliphatic heterocycles. The van der Waals surface area contributed by atoms with Gasteiger partial charge in [0.25, 0.3) is 0 Å². The van der Waals surface area contributed by atoms with Gasteiger partial charge in [-0.2, -0.15) is 5.10 Å². The smallest absolute Gasteiger partial charge is 0.0669 e. The zero-order valence-corrected chi connectivity index (χ0v) is 7.40. The fourth-order valence-corrected chi connectivity index (χ4v) is 1.62. The molecule has 1 aliphatic carbocycles. The van der Waals surface area contributed by atoms with Crippen molar-refractivity contribution < 1.29 is 0 Å². The molecule has 2 N–H and O–H groups in total. The molecule has 1 heterocycles. The highest BCUT2D eigenvalue weighted by Crippen LogP contribution is 2.38. The summed E-state index contributed by atoms with van der Waals surface area (Å²) in [5.41, 5.74) is 6.77. The molecule has 2 rings (SSSR count). The van der Waals surface area contributed by atoms with Crippen LogP contribution in [-0.4, -0.2) is 16.3 Å². The van der Waals surface area contributed by atoms with Gasteiger partial charge in [0.1, 0.15) is 0 Å². The van der Waals surface area contributed by atoms with Crippen molar-refractivity contribution in [3.63, 3.8) is 0 Å². The first-order valence-corrected chi connectivity index (χ1v) is 4.53. The first-order valence-electron chi connectivity index (χ1n) is 4.53. The van der Waals surface area contributed by atoms with Crippen LogP contribution in [0.4, 0.5) is 0 Å². The minimum atomic E-state index is 0.443. The lowest BCUT2D eigenvalue weighted by Gasteiger charge is -2.13. The van der Waals surface area contributed by atoms with Crippen LogP contribution in [0.1, 0.15) is 24.6 Å². The molecule has 0 spiro atoms. The Kier molecular flexibility index (Phi) is 1.89. The van der Waals surface area contributed by atoms with Gasteiger partial charge in [0.15, 0.2) is 0 Å². The fourth-order valence-electron chi connectivity index (χ4n) is 1.62. The van der Waals surface area contributed by atoms with Crippen LogP contribution < -0.4 is 5.73 Å². The Morgan fingerprint density at radius 3 is 2.92 bits per heavy atom. The second-order valence-electron chi connectivity index (χ2n) is 3.58. The molecule has 0 bridgehead atoms. The second kappa shape index (κ2) is 2.90. The van der Waals surface area contributed by atoms with E-state index in [1.807, 2.05) is 23.9 Å². The van der Waals surface area contributed by atoms with Gasteiger partial charge in [-0.15, -0.1) is 0 Å². The van der Waals surface area contributed by atoms with Gasteiger partial charge in [0, 0.05) is 12.7 Å². The Labute approximate surface area is 72.6 Å². The van der Waals surface area contributed by atoms with Crippen LogP contribution >= 0.6 is 0 Å². The van der Waals surface area contributed by atoms with Crippen molar-refractivity contribution >= 4 is 0 Å². The summed E-state index contributed by atoms with van der Waals surface area (Å²) in [5, 5.41) is 4.38. The molecule has 1 atom stereocenters. The molecule has 1 aliphatic rings. The molecule has 3 heteroatoms. The summed E-state index contributed by atoms with van der Waals surface area (Å²) in [6, 6.07) is 2.48. The SMILES string of the molecule is Cc1ccn(C(CN)C2CC2)n1. The molecule has 0 aromatic carbocycles. The van der Waals surface area contributed by atoms with E-state index in [2.05, 4.69) is 5.10 Å². The summed E-state index contributed by atoms with van der Waals surface area (Å²) in [5.74, 6) is 0.786. The summed E-state index contributed by atoms with van der Waals surface area (Å²) in [6.45, 7) is 2.72.